The van der Waals surface area contributed by atoms with Crippen LogP contribution in [0.4, 0.5) is 0 Å². The maximum absolute atomic E-state index is 2.99. The van der Waals surface area contributed by atoms with E-state index in [4.69, 9.17) is 0 Å². The summed E-state index contributed by atoms with van der Waals surface area (Å²) < 4.78 is 0. The van der Waals surface area contributed by atoms with Crippen LogP contribution in [0.15, 0.2) is 91.0 Å². The summed E-state index contributed by atoms with van der Waals surface area (Å²) in [5.41, 5.74) is 3.80. The summed E-state index contributed by atoms with van der Waals surface area (Å²) in [7, 11) is 0. The first kappa shape index (κ1) is 25.0. The molecule has 3 aromatic carbocycles. The first-order chi connectivity index (χ1) is 12.7. The van der Waals surface area contributed by atoms with Crippen molar-refractivity contribution in [3.63, 3.8) is 0 Å². The monoisotopic (exact) mass is 428 g/mol. The number of hydrogen-bond acceptors (Lipinski definition) is 0. The fourth-order valence-electron chi connectivity index (χ4n) is 1.79. The van der Waals surface area contributed by atoms with Crippen LogP contribution in [-0.4, -0.2) is 0 Å². The Labute approximate surface area is 184 Å². The molecule has 0 N–H and O–H groups in total. The van der Waals surface area contributed by atoms with Crippen LogP contribution in [0.5, 0.6) is 0 Å². The van der Waals surface area contributed by atoms with Crippen molar-refractivity contribution >= 4 is 0 Å². The minimum absolute atomic E-state index is 0. The van der Waals surface area contributed by atoms with Gasteiger partial charge in [-0.2, -0.15) is 114 Å². The van der Waals surface area contributed by atoms with E-state index < -0.39 is 0 Å². The van der Waals surface area contributed by atoms with Crippen molar-refractivity contribution in [2.75, 3.05) is 0 Å². The second-order valence-electron chi connectivity index (χ2n) is 5.75. The van der Waals surface area contributed by atoms with E-state index >= 15 is 0 Å². The first-order valence-electron chi connectivity index (χ1n) is 8.68. The van der Waals surface area contributed by atoms with Crippen LogP contribution in [0.3, 0.4) is 0 Å². The van der Waals surface area contributed by atoms with E-state index in [1.54, 1.807) is 0 Å². The third-order valence-electron chi connectivity index (χ3n) is 3.17. The average molecular weight is 430 g/mol. The zero-order valence-corrected chi connectivity index (χ0v) is 18.8. The number of rotatable bonds is 0. The molecule has 0 spiro atoms. The van der Waals surface area contributed by atoms with Crippen molar-refractivity contribution in [2.24, 2.45) is 0 Å². The van der Waals surface area contributed by atoms with Gasteiger partial charge in [-0.05, 0) is 0 Å². The molecule has 0 radical (unpaired) electrons. The van der Waals surface area contributed by atoms with E-state index in [1.165, 1.54) is 16.7 Å². The minimum atomic E-state index is 0. The predicted octanol–water partition coefficient (Wildman–Crippen LogP) is 6.69. The van der Waals surface area contributed by atoms with E-state index in [9.17, 15) is 0 Å². The number of benzene rings is 3. The van der Waals surface area contributed by atoms with Gasteiger partial charge in [-0.15, -0.1) is 6.42 Å². The van der Waals surface area contributed by atoms with E-state index in [2.05, 4.69) is 69.3 Å². The number of hydrogen-bond donors (Lipinski definition) is 0. The van der Waals surface area contributed by atoms with Crippen molar-refractivity contribution in [2.45, 2.75) is 27.2 Å². The van der Waals surface area contributed by atoms with Crippen molar-refractivity contribution in [3.05, 3.63) is 132 Å². The molecule has 0 nitrogen and oxygen atoms in total. The van der Waals surface area contributed by atoms with Gasteiger partial charge in [0, 0.05) is 0 Å². The Kier molecular flexibility index (Phi) is 16.2. The zero-order chi connectivity index (χ0) is 18.9. The quantitative estimate of drug-likeness (QED) is 0.349. The Hall–Kier alpha value is -1.98. The Bertz CT molecular complexity index is 630. The van der Waals surface area contributed by atoms with Gasteiger partial charge in [-0.1, -0.05) is 20.8 Å². The molecule has 0 atom stereocenters. The molecule has 0 amide bonds. The summed E-state index contributed by atoms with van der Waals surface area (Å²) in [6.07, 6.45) is 10.0. The van der Waals surface area contributed by atoms with Gasteiger partial charge in [-0.25, -0.2) is 12.2 Å². The van der Waals surface area contributed by atoms with E-state index in [0.717, 1.165) is 6.42 Å². The van der Waals surface area contributed by atoms with Crippen molar-refractivity contribution in [1.82, 2.24) is 0 Å². The molecule has 0 heterocycles. The molecule has 0 aliphatic heterocycles. The van der Waals surface area contributed by atoms with Gasteiger partial charge in [0.2, 0.25) is 0 Å². The van der Waals surface area contributed by atoms with Crippen molar-refractivity contribution in [1.29, 1.82) is 0 Å². The van der Waals surface area contributed by atoms with Gasteiger partial charge >= 0.3 is 26.2 Å². The Morgan fingerprint density at radius 2 is 1.07 bits per heavy atom. The van der Waals surface area contributed by atoms with Gasteiger partial charge in [0.15, 0.2) is 0 Å². The topological polar surface area (TPSA) is 0 Å². The molecule has 0 aromatic heterocycles. The van der Waals surface area contributed by atoms with E-state index in [1.807, 2.05) is 66.7 Å². The molecular weight excluding hydrogens is 404 g/mol. The molecule has 27 heavy (non-hydrogen) atoms. The summed E-state index contributed by atoms with van der Waals surface area (Å²) in [6, 6.07) is 32.5. The van der Waals surface area contributed by atoms with Gasteiger partial charge in [0.05, 0.1) is 0 Å². The summed E-state index contributed by atoms with van der Waals surface area (Å²) in [5, 5.41) is 0. The SMILES string of the molecule is Cc1c[c-]ccc1.Cc1c[c-]ccc1.Cc1c[c-]ccc1.[C-]1=CC=CC1.[Zr+4]. The van der Waals surface area contributed by atoms with Gasteiger partial charge in [0.25, 0.3) is 0 Å². The molecule has 3 aromatic rings. The number of allylic oxidation sites excluding steroid dienone is 4. The third-order valence-corrected chi connectivity index (χ3v) is 3.17. The molecule has 0 saturated carbocycles. The summed E-state index contributed by atoms with van der Waals surface area (Å²) in [5.74, 6) is 0. The molecule has 0 bridgehead atoms. The van der Waals surface area contributed by atoms with Gasteiger partial charge in [-0.3, -0.25) is 6.08 Å². The summed E-state index contributed by atoms with van der Waals surface area (Å²) >= 11 is 0. The molecule has 4 rings (SSSR count). The van der Waals surface area contributed by atoms with Gasteiger partial charge < -0.3 is 0 Å². The predicted molar refractivity (Wildman–Crippen MR) is 112 cm³/mol. The number of aryl methyl sites for hydroxylation is 3. The Morgan fingerprint density at radius 1 is 0.667 bits per heavy atom. The molecule has 1 aliphatic carbocycles. The van der Waals surface area contributed by atoms with E-state index in [0.29, 0.717) is 0 Å². The Balaban J connectivity index is 0.000000332. The second kappa shape index (κ2) is 17.4. The largest absolute Gasteiger partial charge is 4.00 e. The molecular formula is C26H26Zr. The minimum Gasteiger partial charge on any atom is -0.273 e. The van der Waals surface area contributed by atoms with Crippen LogP contribution in [0.25, 0.3) is 0 Å². The van der Waals surface area contributed by atoms with Crippen LogP contribution < -0.4 is 0 Å². The van der Waals surface area contributed by atoms with Crippen LogP contribution in [0.2, 0.25) is 0 Å². The summed E-state index contributed by atoms with van der Waals surface area (Å²) in [4.78, 5) is 0. The van der Waals surface area contributed by atoms with Gasteiger partial charge in [0.1, 0.15) is 0 Å². The maximum atomic E-state index is 2.99. The fourth-order valence-corrected chi connectivity index (χ4v) is 1.79. The van der Waals surface area contributed by atoms with Crippen LogP contribution in [0.1, 0.15) is 23.1 Å². The normalized spacial score (nSPS) is 10.0. The van der Waals surface area contributed by atoms with Crippen molar-refractivity contribution in [3.8, 4) is 0 Å². The molecule has 0 saturated heterocycles. The van der Waals surface area contributed by atoms with Crippen molar-refractivity contribution < 1.29 is 26.2 Å². The maximum Gasteiger partial charge on any atom is 4.00 e. The summed E-state index contributed by atoms with van der Waals surface area (Å²) in [6.45, 7) is 6.16. The molecule has 1 aliphatic rings. The molecule has 134 valence electrons. The Morgan fingerprint density at radius 3 is 1.19 bits per heavy atom. The van der Waals surface area contributed by atoms with Crippen LogP contribution >= 0.6 is 0 Å². The van der Waals surface area contributed by atoms with E-state index in [-0.39, 0.29) is 26.2 Å². The van der Waals surface area contributed by atoms with Crippen LogP contribution in [0, 0.1) is 45.0 Å². The average Bonchev–Trinajstić information content (AvgIpc) is 3.25. The van der Waals surface area contributed by atoms with Crippen LogP contribution in [-0.2, 0) is 26.2 Å². The second-order valence-corrected chi connectivity index (χ2v) is 5.75. The fraction of sp³-hybridized carbons (Fsp3) is 0.154. The molecule has 0 fully saturated rings. The third kappa shape index (κ3) is 16.0. The first-order valence-corrected chi connectivity index (χ1v) is 8.68. The standard InChI is InChI=1S/3C7H7.C5H5.Zr/c3*1-7-5-3-2-4-6-7;1-2-4-5-3-1;/h3*2-3,5-6H,1H3;1-3H,4H2;/q4*-1;+4. The zero-order valence-electron chi connectivity index (χ0n) is 16.4. The molecule has 0 unspecified atom stereocenters. The molecule has 1 heteroatoms. The smallest absolute Gasteiger partial charge is 0.273 e.